The molecule has 7 heteroatoms. The summed E-state index contributed by atoms with van der Waals surface area (Å²) in [7, 11) is -0.397. The first-order valence-corrected chi connectivity index (χ1v) is 9.58. The molecule has 1 N–H and O–H groups in total. The highest BCUT2D eigenvalue weighted by Crippen LogP contribution is 2.32. The predicted octanol–water partition coefficient (Wildman–Crippen LogP) is 2.26. The van der Waals surface area contributed by atoms with Gasteiger partial charge in [-0.3, -0.25) is 0 Å². The second-order valence-electron chi connectivity index (χ2n) is 6.58. The first-order chi connectivity index (χ1) is 11.3. The zero-order chi connectivity index (χ0) is 17.5. The summed E-state index contributed by atoms with van der Waals surface area (Å²) in [6.45, 7) is 4.17. The van der Waals surface area contributed by atoms with Gasteiger partial charge in [-0.05, 0) is 56.4 Å². The van der Waals surface area contributed by atoms with Crippen molar-refractivity contribution in [2.24, 2.45) is 0 Å². The fourth-order valence-electron chi connectivity index (χ4n) is 3.04. The Hall–Kier alpha value is -1.70. The van der Waals surface area contributed by atoms with Crippen LogP contribution in [0.5, 0.6) is 0 Å². The molecular formula is C17H24N4O2S. The molecule has 0 saturated carbocycles. The third-order valence-corrected chi connectivity index (χ3v) is 6.23. The van der Waals surface area contributed by atoms with E-state index in [0.29, 0.717) is 0 Å². The molecule has 0 bridgehead atoms. The molecule has 3 rings (SSSR count). The third kappa shape index (κ3) is 3.11. The zero-order valence-electron chi connectivity index (χ0n) is 14.6. The van der Waals surface area contributed by atoms with E-state index in [1.807, 2.05) is 4.68 Å². The number of benzene rings is 1. The quantitative estimate of drug-likeness (QED) is 0.922. The lowest BCUT2D eigenvalue weighted by Gasteiger charge is -2.25. The number of nitrogens with zero attached hydrogens (tertiary/aromatic N) is 3. The lowest BCUT2D eigenvalue weighted by molar-refractivity contribution is 0.464. The Morgan fingerprint density at radius 3 is 2.67 bits per heavy atom. The van der Waals surface area contributed by atoms with Crippen molar-refractivity contribution in [3.8, 4) is 5.69 Å². The van der Waals surface area contributed by atoms with Gasteiger partial charge in [0.1, 0.15) is 0 Å². The van der Waals surface area contributed by atoms with E-state index in [0.717, 1.165) is 36.2 Å². The summed E-state index contributed by atoms with van der Waals surface area (Å²) >= 11 is 0. The molecule has 1 atom stereocenters. The molecule has 1 aromatic heterocycles. The highest BCUT2D eigenvalue weighted by atomic mass is 32.2. The van der Waals surface area contributed by atoms with Crippen LogP contribution in [-0.4, -0.2) is 36.6 Å². The average Bonchev–Trinajstić information content (AvgIpc) is 2.95. The molecule has 1 aliphatic rings. The van der Waals surface area contributed by atoms with Crippen LogP contribution in [0.2, 0.25) is 0 Å². The van der Waals surface area contributed by atoms with Crippen molar-refractivity contribution in [3.63, 3.8) is 0 Å². The van der Waals surface area contributed by atoms with Gasteiger partial charge in [-0.25, -0.2) is 4.68 Å². The third-order valence-electron chi connectivity index (χ3n) is 4.69. The van der Waals surface area contributed by atoms with Crippen LogP contribution < -0.4 is 4.72 Å². The number of fused-ring (bicyclic) bond motifs is 1. The molecule has 2 aromatic rings. The highest BCUT2D eigenvalue weighted by molar-refractivity contribution is 7.87. The van der Waals surface area contributed by atoms with Gasteiger partial charge in [0.15, 0.2) is 0 Å². The SMILES string of the molecule is Cc1ccc(-n2ncc3c2CCC[C@H]3NS(=O)(=O)N(C)C)cc1C. The van der Waals surface area contributed by atoms with Crippen LogP contribution >= 0.6 is 0 Å². The molecular weight excluding hydrogens is 324 g/mol. The van der Waals surface area contributed by atoms with Gasteiger partial charge in [0.2, 0.25) is 0 Å². The van der Waals surface area contributed by atoms with Gasteiger partial charge in [-0.15, -0.1) is 0 Å². The molecule has 130 valence electrons. The van der Waals surface area contributed by atoms with E-state index in [1.54, 1.807) is 6.20 Å². The summed E-state index contributed by atoms with van der Waals surface area (Å²) in [5.74, 6) is 0. The molecule has 0 spiro atoms. The first-order valence-electron chi connectivity index (χ1n) is 8.14. The Bertz CT molecular complexity index is 855. The van der Waals surface area contributed by atoms with Crippen LogP contribution in [-0.2, 0) is 16.6 Å². The van der Waals surface area contributed by atoms with Crippen molar-refractivity contribution < 1.29 is 8.42 Å². The largest absolute Gasteiger partial charge is 0.279 e. The van der Waals surface area contributed by atoms with Gasteiger partial charge in [-0.1, -0.05) is 6.07 Å². The maximum absolute atomic E-state index is 12.2. The molecule has 24 heavy (non-hydrogen) atoms. The van der Waals surface area contributed by atoms with Crippen molar-refractivity contribution >= 4 is 10.2 Å². The Labute approximate surface area is 143 Å². The Morgan fingerprint density at radius 2 is 2.00 bits per heavy atom. The van der Waals surface area contributed by atoms with Crippen molar-refractivity contribution in [2.45, 2.75) is 39.2 Å². The molecule has 6 nitrogen and oxygen atoms in total. The number of hydrogen-bond donors (Lipinski definition) is 1. The lowest BCUT2D eigenvalue weighted by atomic mass is 9.93. The van der Waals surface area contributed by atoms with Gasteiger partial charge in [-0.2, -0.15) is 22.5 Å². The topological polar surface area (TPSA) is 67.2 Å². The summed E-state index contributed by atoms with van der Waals surface area (Å²) in [6, 6.07) is 6.05. The molecule has 0 fully saturated rings. The van der Waals surface area contributed by atoms with E-state index in [2.05, 4.69) is 41.9 Å². The molecule has 1 aromatic carbocycles. The van der Waals surface area contributed by atoms with Crippen molar-refractivity contribution in [2.75, 3.05) is 14.1 Å². The maximum Gasteiger partial charge on any atom is 0.279 e. The van der Waals surface area contributed by atoms with Crippen molar-refractivity contribution in [1.29, 1.82) is 0 Å². The Morgan fingerprint density at radius 1 is 1.25 bits per heavy atom. The highest BCUT2D eigenvalue weighted by Gasteiger charge is 2.28. The van der Waals surface area contributed by atoms with Gasteiger partial charge in [0.05, 0.1) is 17.9 Å². The summed E-state index contributed by atoms with van der Waals surface area (Å²) in [5.41, 5.74) is 5.56. The molecule has 0 saturated heterocycles. The van der Waals surface area contributed by atoms with Crippen LogP contribution in [0.15, 0.2) is 24.4 Å². The van der Waals surface area contributed by atoms with Crippen LogP contribution in [0, 0.1) is 13.8 Å². The van der Waals surface area contributed by atoms with Crippen LogP contribution in [0.4, 0.5) is 0 Å². The number of aryl methyl sites for hydroxylation is 2. The van der Waals surface area contributed by atoms with Gasteiger partial charge in [0.25, 0.3) is 10.2 Å². The smallest absolute Gasteiger partial charge is 0.237 e. The van der Waals surface area contributed by atoms with Gasteiger partial charge < -0.3 is 0 Å². The first kappa shape index (κ1) is 17.1. The monoisotopic (exact) mass is 348 g/mol. The summed E-state index contributed by atoms with van der Waals surface area (Å²) in [4.78, 5) is 0. The molecule has 0 unspecified atom stereocenters. The maximum atomic E-state index is 12.2. The van der Waals surface area contributed by atoms with Gasteiger partial charge >= 0.3 is 0 Å². The molecule has 0 amide bonds. The number of aromatic nitrogens is 2. The zero-order valence-corrected chi connectivity index (χ0v) is 15.4. The number of hydrogen-bond acceptors (Lipinski definition) is 3. The normalized spacial score (nSPS) is 18.0. The standard InChI is InChI=1S/C17H24N4O2S/c1-12-8-9-14(10-13(12)2)21-17-7-5-6-16(15(17)11-18-21)19-24(22,23)20(3)4/h8-11,16,19H,5-7H2,1-4H3/t16-/m1/s1. The van der Waals surface area contributed by atoms with Gasteiger partial charge in [0, 0.05) is 25.4 Å². The summed E-state index contributed by atoms with van der Waals surface area (Å²) in [6.07, 6.45) is 4.43. The average molecular weight is 348 g/mol. The summed E-state index contributed by atoms with van der Waals surface area (Å²) in [5, 5.41) is 4.53. The predicted molar refractivity (Wildman–Crippen MR) is 94.5 cm³/mol. The van der Waals surface area contributed by atoms with E-state index in [-0.39, 0.29) is 6.04 Å². The molecule has 0 radical (unpaired) electrons. The minimum absolute atomic E-state index is 0.221. The van der Waals surface area contributed by atoms with E-state index < -0.39 is 10.2 Å². The second-order valence-corrected chi connectivity index (χ2v) is 8.49. The molecule has 1 aliphatic carbocycles. The minimum atomic E-state index is -3.46. The van der Waals surface area contributed by atoms with E-state index >= 15 is 0 Å². The Balaban J connectivity index is 1.97. The van der Waals surface area contributed by atoms with Crippen LogP contribution in [0.3, 0.4) is 0 Å². The molecule has 1 heterocycles. The van der Waals surface area contributed by atoms with E-state index in [9.17, 15) is 8.42 Å². The Kier molecular flexibility index (Phi) is 4.50. The van der Waals surface area contributed by atoms with Crippen LogP contribution in [0.1, 0.15) is 41.3 Å². The van der Waals surface area contributed by atoms with Crippen LogP contribution in [0.25, 0.3) is 5.69 Å². The van der Waals surface area contributed by atoms with E-state index in [1.165, 1.54) is 29.5 Å². The number of nitrogens with one attached hydrogen (secondary N) is 1. The van der Waals surface area contributed by atoms with Crippen molar-refractivity contribution in [3.05, 3.63) is 46.8 Å². The fourth-order valence-corrected chi connectivity index (χ4v) is 3.86. The second kappa shape index (κ2) is 6.31. The number of rotatable bonds is 4. The molecule has 0 aliphatic heterocycles. The summed E-state index contributed by atoms with van der Waals surface area (Å²) < 4.78 is 30.2. The fraction of sp³-hybridized carbons (Fsp3) is 0.471. The lowest BCUT2D eigenvalue weighted by Crippen LogP contribution is -2.39. The van der Waals surface area contributed by atoms with Crippen molar-refractivity contribution in [1.82, 2.24) is 18.8 Å². The van der Waals surface area contributed by atoms with E-state index in [4.69, 9.17) is 0 Å². The minimum Gasteiger partial charge on any atom is -0.237 e.